The summed E-state index contributed by atoms with van der Waals surface area (Å²) in [7, 11) is 3.53. The van der Waals surface area contributed by atoms with E-state index in [4.69, 9.17) is 4.79 Å². The minimum atomic E-state index is -0.594. The number of fused-ring (bicyclic) bond motifs is 1. The monoisotopic (exact) mass is 431 g/mol. The van der Waals surface area contributed by atoms with Crippen LogP contribution in [0.15, 0.2) is 36.4 Å². The number of carbonyl (C=O) groups excluding carboxylic acids is 2. The number of hydrogen-bond donors (Lipinski definition) is 2. The quantitative estimate of drug-likeness (QED) is 0.697. The number of benzene rings is 2. The summed E-state index contributed by atoms with van der Waals surface area (Å²) >= 11 is 0. The van der Waals surface area contributed by atoms with Crippen LogP contribution in [0.2, 0.25) is 0 Å². The molecule has 1 saturated carbocycles. The topological polar surface area (TPSA) is 61.4 Å². The van der Waals surface area contributed by atoms with E-state index in [1.54, 1.807) is 7.05 Å². The van der Waals surface area contributed by atoms with Crippen molar-refractivity contribution in [3.63, 3.8) is 0 Å². The second-order valence-corrected chi connectivity index (χ2v) is 7.65. The normalized spacial score (nSPS) is 14.9. The predicted octanol–water partition coefficient (Wildman–Crippen LogP) is 4.58. The average Bonchev–Trinajstić information content (AvgIpc) is 3.24. The molecule has 0 aromatic heterocycles. The van der Waals surface area contributed by atoms with Crippen molar-refractivity contribution in [1.82, 2.24) is 10.2 Å². The molecule has 0 atom stereocenters. The van der Waals surface area contributed by atoms with Gasteiger partial charge in [-0.2, -0.15) is 0 Å². The number of rotatable bonds is 4. The molecule has 1 aliphatic heterocycles. The molecule has 1 heterocycles. The Kier molecular flexibility index (Phi) is 9.94. The molecule has 31 heavy (non-hydrogen) atoms. The van der Waals surface area contributed by atoms with Crippen LogP contribution in [0, 0.1) is 11.6 Å². The summed E-state index contributed by atoms with van der Waals surface area (Å²) in [5, 5.41) is 5.41. The summed E-state index contributed by atoms with van der Waals surface area (Å²) in [4.78, 5) is 20.8. The Hall–Kier alpha value is -2.96. The van der Waals surface area contributed by atoms with Gasteiger partial charge in [0.25, 0.3) is 0 Å². The molecule has 2 aromatic rings. The summed E-state index contributed by atoms with van der Waals surface area (Å²) in [6, 6.07) is 11.0. The Bertz CT molecular complexity index is 837. The molecule has 2 aromatic carbocycles. The zero-order valence-electron chi connectivity index (χ0n) is 18.2. The van der Waals surface area contributed by atoms with Crippen molar-refractivity contribution in [2.45, 2.75) is 51.1 Å². The van der Waals surface area contributed by atoms with Crippen molar-refractivity contribution in [3.05, 3.63) is 64.7 Å². The fourth-order valence-electron chi connectivity index (χ4n) is 3.89. The molecular weight excluding hydrogens is 400 g/mol. The summed E-state index contributed by atoms with van der Waals surface area (Å²) in [5.74, 6) is -0.335. The number of nitrogens with one attached hydrogen (secondary N) is 2. The molecule has 7 heteroatoms. The highest BCUT2D eigenvalue weighted by Crippen LogP contribution is 2.32. The van der Waals surface area contributed by atoms with E-state index in [1.807, 2.05) is 7.05 Å². The van der Waals surface area contributed by atoms with Gasteiger partial charge in [0.05, 0.1) is 0 Å². The minimum Gasteiger partial charge on any atom is -0.388 e. The highest BCUT2D eigenvalue weighted by atomic mass is 19.1. The largest absolute Gasteiger partial charge is 0.388 e. The third-order valence-corrected chi connectivity index (χ3v) is 5.53. The Morgan fingerprint density at radius 1 is 0.968 bits per heavy atom. The maximum Gasteiger partial charge on any atom is 0.210 e. The van der Waals surface area contributed by atoms with Gasteiger partial charge in [-0.3, -0.25) is 9.59 Å². The first-order chi connectivity index (χ1) is 15.0. The lowest BCUT2D eigenvalue weighted by Gasteiger charge is -2.22. The van der Waals surface area contributed by atoms with Crippen LogP contribution in [0.3, 0.4) is 0 Å². The van der Waals surface area contributed by atoms with E-state index in [-0.39, 0.29) is 6.54 Å². The third kappa shape index (κ3) is 7.35. The van der Waals surface area contributed by atoms with Crippen LogP contribution in [-0.2, 0) is 22.7 Å². The number of halogens is 2. The number of amides is 2. The molecule has 5 nitrogen and oxygen atoms in total. The van der Waals surface area contributed by atoms with E-state index in [0.29, 0.717) is 30.5 Å². The van der Waals surface area contributed by atoms with Crippen LogP contribution >= 0.6 is 0 Å². The molecule has 2 N–H and O–H groups in total. The lowest BCUT2D eigenvalue weighted by atomic mass is 9.84. The van der Waals surface area contributed by atoms with Gasteiger partial charge in [0.2, 0.25) is 12.8 Å². The molecule has 2 amide bonds. The van der Waals surface area contributed by atoms with Gasteiger partial charge in [-0.1, -0.05) is 31.4 Å². The van der Waals surface area contributed by atoms with Crippen molar-refractivity contribution in [1.29, 1.82) is 0 Å². The highest BCUT2D eigenvalue weighted by molar-refractivity contribution is 5.51. The lowest BCUT2D eigenvalue weighted by molar-refractivity contribution is -0.118. The summed E-state index contributed by atoms with van der Waals surface area (Å²) in [6.45, 7) is 0.540. The van der Waals surface area contributed by atoms with Crippen molar-refractivity contribution >= 4 is 18.5 Å². The summed E-state index contributed by atoms with van der Waals surface area (Å²) < 4.78 is 25.8. The second-order valence-electron chi connectivity index (χ2n) is 7.65. The van der Waals surface area contributed by atoms with E-state index >= 15 is 0 Å². The molecule has 0 unspecified atom stereocenters. The maximum atomic E-state index is 13.1. The molecular formula is C24H31F2N3O2. The Morgan fingerprint density at radius 2 is 1.61 bits per heavy atom. The van der Waals surface area contributed by atoms with Crippen LogP contribution in [-0.4, -0.2) is 31.8 Å². The first-order valence-corrected chi connectivity index (χ1v) is 10.6. The number of carbonyl (C=O) groups is 2. The molecule has 0 radical (unpaired) electrons. The molecule has 2 aliphatic rings. The first kappa shape index (κ1) is 24.3. The molecule has 0 saturated heterocycles. The molecule has 0 bridgehead atoms. The van der Waals surface area contributed by atoms with Crippen LogP contribution in [0.4, 0.5) is 14.5 Å². The van der Waals surface area contributed by atoms with Crippen LogP contribution in [0.1, 0.15) is 54.7 Å². The SMILES string of the molecule is CNC=O.CNc1ccc(C2CCCCC2)cc1.O=CN1Cc2cc(F)cc(F)c2C1. The van der Waals surface area contributed by atoms with Crippen molar-refractivity contribution in [2.75, 3.05) is 19.4 Å². The highest BCUT2D eigenvalue weighted by Gasteiger charge is 2.21. The first-order valence-electron chi connectivity index (χ1n) is 10.6. The van der Waals surface area contributed by atoms with E-state index in [9.17, 15) is 13.6 Å². The van der Waals surface area contributed by atoms with Gasteiger partial charge in [-0.15, -0.1) is 0 Å². The van der Waals surface area contributed by atoms with E-state index in [2.05, 4.69) is 34.9 Å². The van der Waals surface area contributed by atoms with E-state index < -0.39 is 11.6 Å². The van der Waals surface area contributed by atoms with Crippen LogP contribution < -0.4 is 10.6 Å². The summed E-state index contributed by atoms with van der Waals surface area (Å²) in [5.41, 5.74) is 3.73. The number of nitrogens with zero attached hydrogens (tertiary/aromatic N) is 1. The molecule has 4 rings (SSSR count). The lowest BCUT2D eigenvalue weighted by Crippen LogP contribution is -2.12. The molecule has 0 spiro atoms. The predicted molar refractivity (Wildman–Crippen MR) is 119 cm³/mol. The molecule has 1 aliphatic carbocycles. The van der Waals surface area contributed by atoms with Gasteiger partial charge >= 0.3 is 0 Å². The Morgan fingerprint density at radius 3 is 2.16 bits per heavy atom. The third-order valence-electron chi connectivity index (χ3n) is 5.53. The summed E-state index contributed by atoms with van der Waals surface area (Å²) in [6.07, 6.45) is 8.30. The van der Waals surface area contributed by atoms with E-state index in [0.717, 1.165) is 12.0 Å². The van der Waals surface area contributed by atoms with Gasteiger partial charge in [-0.25, -0.2) is 8.78 Å². The van der Waals surface area contributed by atoms with Gasteiger partial charge in [0.1, 0.15) is 11.6 Å². The van der Waals surface area contributed by atoms with Gasteiger partial charge in [0, 0.05) is 44.5 Å². The Labute approximate surface area is 182 Å². The second kappa shape index (κ2) is 12.7. The molecule has 168 valence electrons. The average molecular weight is 432 g/mol. The van der Waals surface area contributed by atoms with E-state index in [1.165, 1.54) is 54.3 Å². The zero-order valence-corrected chi connectivity index (χ0v) is 18.2. The van der Waals surface area contributed by atoms with Crippen LogP contribution in [0.25, 0.3) is 0 Å². The smallest absolute Gasteiger partial charge is 0.210 e. The standard InChI is InChI=1S/C13H19N.C9H7F2NO.C2H5NO/c1-14-13-9-7-12(8-10-13)11-5-3-2-4-6-11;10-7-1-6-3-12(5-13)4-8(6)9(11)2-7;1-3-2-4/h7-11,14H,2-6H2,1H3;1-2,5H,3-4H2;2H,1H3,(H,3,4). The van der Waals surface area contributed by atoms with Gasteiger partial charge < -0.3 is 15.5 Å². The number of anilines is 1. The zero-order chi connectivity index (χ0) is 22.6. The minimum absolute atomic E-state index is 0.241. The maximum absolute atomic E-state index is 13.1. The van der Waals surface area contributed by atoms with Crippen molar-refractivity contribution in [3.8, 4) is 0 Å². The van der Waals surface area contributed by atoms with Crippen LogP contribution in [0.5, 0.6) is 0 Å². The van der Waals surface area contributed by atoms with Gasteiger partial charge in [-0.05, 0) is 48.1 Å². The molecule has 1 fully saturated rings. The fourth-order valence-corrected chi connectivity index (χ4v) is 3.89. The van der Waals surface area contributed by atoms with Crippen molar-refractivity contribution < 1.29 is 18.4 Å². The fraction of sp³-hybridized carbons (Fsp3) is 0.417. The Balaban J connectivity index is 0.000000189. The van der Waals surface area contributed by atoms with Gasteiger partial charge in [0.15, 0.2) is 0 Å². The van der Waals surface area contributed by atoms with Crippen molar-refractivity contribution in [2.24, 2.45) is 0 Å². The number of hydrogen-bond acceptors (Lipinski definition) is 3.